The molecule has 0 aliphatic carbocycles. The molecule has 3 aromatic carbocycles. The van der Waals surface area contributed by atoms with Crippen LogP contribution in [0.1, 0.15) is 5.56 Å². The fourth-order valence-corrected chi connectivity index (χ4v) is 3.02. The Morgan fingerprint density at radius 1 is 0.893 bits per heavy atom. The zero-order valence-corrected chi connectivity index (χ0v) is 16.0. The normalized spacial score (nSPS) is 10.5. The van der Waals surface area contributed by atoms with E-state index in [1.807, 2.05) is 42.5 Å². The highest BCUT2D eigenvalue weighted by Crippen LogP contribution is 2.19. The van der Waals surface area contributed by atoms with Gasteiger partial charge in [-0.15, -0.1) is 0 Å². The molecule has 0 fully saturated rings. The molecule has 0 aliphatic rings. The fraction of sp³-hybridized carbons (Fsp3) is 0.182. The molecular formula is C22H21ClN2O3. The molecule has 0 unspecified atom stereocenters. The fourth-order valence-electron chi connectivity index (χ4n) is 2.84. The zero-order chi connectivity index (χ0) is 19.8. The number of carbonyl (C=O) groups excluding carboxylic acids is 2. The van der Waals surface area contributed by atoms with Crippen molar-refractivity contribution in [2.24, 2.45) is 0 Å². The van der Waals surface area contributed by atoms with Gasteiger partial charge in [0.15, 0.2) is 0 Å². The van der Waals surface area contributed by atoms with E-state index < -0.39 is 0 Å². The summed E-state index contributed by atoms with van der Waals surface area (Å²) in [5.41, 5.74) is 0.936. The third-order valence-corrected chi connectivity index (χ3v) is 4.40. The van der Waals surface area contributed by atoms with Crippen LogP contribution in [0.25, 0.3) is 10.8 Å². The topological polar surface area (TPSA) is 67.4 Å². The van der Waals surface area contributed by atoms with Crippen LogP contribution in [0.15, 0.2) is 66.7 Å². The molecule has 0 bridgehead atoms. The molecule has 5 nitrogen and oxygen atoms in total. The lowest BCUT2D eigenvalue weighted by atomic mass is 10.0. The van der Waals surface area contributed by atoms with Gasteiger partial charge in [0, 0.05) is 5.02 Å². The molecule has 0 saturated heterocycles. The molecule has 3 rings (SSSR count). The maximum Gasteiger partial charge on any atom is 0.239 e. The van der Waals surface area contributed by atoms with Crippen LogP contribution in [0, 0.1) is 0 Å². The molecule has 0 atom stereocenters. The van der Waals surface area contributed by atoms with Gasteiger partial charge in [-0.25, -0.2) is 0 Å². The molecule has 0 spiro atoms. The monoisotopic (exact) mass is 396 g/mol. The second-order valence-electron chi connectivity index (χ2n) is 6.25. The molecule has 0 radical (unpaired) electrons. The summed E-state index contributed by atoms with van der Waals surface area (Å²) in [5.74, 6) is 0.188. The highest BCUT2D eigenvalue weighted by Gasteiger charge is 2.08. The predicted octanol–water partition coefficient (Wildman–Crippen LogP) is 3.35. The molecule has 28 heavy (non-hydrogen) atoms. The second kappa shape index (κ2) is 9.76. The summed E-state index contributed by atoms with van der Waals surface area (Å²) in [6, 6.07) is 20.8. The number of hydrogen-bond donors (Lipinski definition) is 2. The molecule has 2 N–H and O–H groups in total. The van der Waals surface area contributed by atoms with Gasteiger partial charge in [-0.2, -0.15) is 0 Å². The number of rotatable bonds is 8. The lowest BCUT2D eigenvalue weighted by Gasteiger charge is -2.09. The number of fused-ring (bicyclic) bond motifs is 1. The average molecular weight is 397 g/mol. The van der Waals surface area contributed by atoms with E-state index in [9.17, 15) is 9.59 Å². The molecular weight excluding hydrogens is 376 g/mol. The molecule has 0 aromatic heterocycles. The molecule has 0 aliphatic heterocycles. The van der Waals surface area contributed by atoms with Crippen molar-refractivity contribution in [2.45, 2.75) is 6.42 Å². The van der Waals surface area contributed by atoms with E-state index >= 15 is 0 Å². The number of halogens is 1. The third-order valence-electron chi connectivity index (χ3n) is 4.17. The van der Waals surface area contributed by atoms with Crippen LogP contribution in [0.5, 0.6) is 5.75 Å². The van der Waals surface area contributed by atoms with Gasteiger partial charge < -0.3 is 15.4 Å². The van der Waals surface area contributed by atoms with Crippen molar-refractivity contribution in [1.29, 1.82) is 0 Å². The lowest BCUT2D eigenvalue weighted by molar-refractivity contribution is -0.125. The SMILES string of the molecule is O=C(CNC(=O)Cc1cccc2ccccc12)NCCOc1cccc(Cl)c1. The smallest absolute Gasteiger partial charge is 0.239 e. The largest absolute Gasteiger partial charge is 0.492 e. The van der Waals surface area contributed by atoms with Gasteiger partial charge in [0.1, 0.15) is 12.4 Å². The van der Waals surface area contributed by atoms with Gasteiger partial charge in [-0.1, -0.05) is 60.1 Å². The maximum atomic E-state index is 12.2. The first-order chi connectivity index (χ1) is 13.6. The van der Waals surface area contributed by atoms with Gasteiger partial charge in [-0.05, 0) is 34.5 Å². The first-order valence-electron chi connectivity index (χ1n) is 9.00. The Hall–Kier alpha value is -3.05. The summed E-state index contributed by atoms with van der Waals surface area (Å²) in [7, 11) is 0. The number of hydrogen-bond acceptors (Lipinski definition) is 3. The number of ether oxygens (including phenoxy) is 1. The zero-order valence-electron chi connectivity index (χ0n) is 15.3. The predicted molar refractivity (Wildman–Crippen MR) is 111 cm³/mol. The lowest BCUT2D eigenvalue weighted by Crippen LogP contribution is -2.39. The standard InChI is InChI=1S/C22H21ClN2O3/c23-18-8-4-9-19(14-18)28-12-11-24-22(27)15-25-21(26)13-17-7-3-6-16-5-1-2-10-20(16)17/h1-10,14H,11-13,15H2,(H,24,27)(H,25,26). The summed E-state index contributed by atoms with van der Waals surface area (Å²) in [4.78, 5) is 24.1. The Morgan fingerprint density at radius 2 is 1.68 bits per heavy atom. The Kier molecular flexibility index (Phi) is 6.87. The molecule has 0 heterocycles. The van der Waals surface area contributed by atoms with Crippen LogP contribution in [-0.2, 0) is 16.0 Å². The minimum absolute atomic E-state index is 0.0687. The van der Waals surface area contributed by atoms with Crippen LogP contribution in [-0.4, -0.2) is 31.5 Å². The van der Waals surface area contributed by atoms with Gasteiger partial charge in [0.05, 0.1) is 19.5 Å². The van der Waals surface area contributed by atoms with E-state index in [0.29, 0.717) is 23.9 Å². The van der Waals surface area contributed by atoms with E-state index in [2.05, 4.69) is 10.6 Å². The number of amides is 2. The summed E-state index contributed by atoms with van der Waals surface area (Å²) in [6.07, 6.45) is 0.229. The first kappa shape index (κ1) is 19.7. The van der Waals surface area contributed by atoms with Crippen molar-refractivity contribution >= 4 is 34.2 Å². The highest BCUT2D eigenvalue weighted by atomic mass is 35.5. The van der Waals surface area contributed by atoms with E-state index in [-0.39, 0.29) is 24.8 Å². The maximum absolute atomic E-state index is 12.2. The second-order valence-corrected chi connectivity index (χ2v) is 6.68. The van der Waals surface area contributed by atoms with Gasteiger partial charge in [0.25, 0.3) is 0 Å². The Balaban J connectivity index is 1.38. The average Bonchev–Trinajstić information content (AvgIpc) is 2.70. The van der Waals surface area contributed by atoms with Crippen molar-refractivity contribution in [3.8, 4) is 5.75 Å². The molecule has 3 aromatic rings. The molecule has 0 saturated carbocycles. The number of benzene rings is 3. The van der Waals surface area contributed by atoms with E-state index in [0.717, 1.165) is 16.3 Å². The molecule has 144 valence electrons. The van der Waals surface area contributed by atoms with Crippen LogP contribution >= 0.6 is 11.6 Å². The van der Waals surface area contributed by atoms with E-state index in [4.69, 9.17) is 16.3 Å². The van der Waals surface area contributed by atoms with E-state index in [1.54, 1.807) is 24.3 Å². The number of nitrogens with one attached hydrogen (secondary N) is 2. The summed E-state index contributed by atoms with van der Waals surface area (Å²) >= 11 is 5.88. The van der Waals surface area contributed by atoms with Crippen molar-refractivity contribution in [3.63, 3.8) is 0 Å². The van der Waals surface area contributed by atoms with Crippen molar-refractivity contribution in [3.05, 3.63) is 77.3 Å². The van der Waals surface area contributed by atoms with Crippen molar-refractivity contribution in [1.82, 2.24) is 10.6 Å². The minimum Gasteiger partial charge on any atom is -0.492 e. The summed E-state index contributed by atoms with van der Waals surface area (Å²) in [6.45, 7) is 0.585. The van der Waals surface area contributed by atoms with Gasteiger partial charge in [-0.3, -0.25) is 9.59 Å². The Bertz CT molecular complexity index is 969. The molecule has 6 heteroatoms. The first-order valence-corrected chi connectivity index (χ1v) is 9.38. The number of carbonyl (C=O) groups is 2. The van der Waals surface area contributed by atoms with Crippen LogP contribution in [0.2, 0.25) is 5.02 Å². The minimum atomic E-state index is -0.263. The quantitative estimate of drug-likeness (QED) is 0.574. The van der Waals surface area contributed by atoms with Crippen LogP contribution in [0.4, 0.5) is 0 Å². The van der Waals surface area contributed by atoms with Gasteiger partial charge in [0.2, 0.25) is 11.8 Å². The van der Waals surface area contributed by atoms with Gasteiger partial charge >= 0.3 is 0 Å². The summed E-state index contributed by atoms with van der Waals surface area (Å²) < 4.78 is 5.50. The van der Waals surface area contributed by atoms with E-state index in [1.165, 1.54) is 0 Å². The highest BCUT2D eigenvalue weighted by molar-refractivity contribution is 6.30. The van der Waals surface area contributed by atoms with Crippen molar-refractivity contribution in [2.75, 3.05) is 19.7 Å². The molecule has 2 amide bonds. The van der Waals surface area contributed by atoms with Crippen molar-refractivity contribution < 1.29 is 14.3 Å². The van der Waals surface area contributed by atoms with Crippen LogP contribution in [0.3, 0.4) is 0 Å². The third kappa shape index (κ3) is 5.72. The summed E-state index contributed by atoms with van der Waals surface area (Å²) in [5, 5.41) is 8.08. The Labute approximate surface area is 168 Å². The van der Waals surface area contributed by atoms with Crippen LogP contribution < -0.4 is 15.4 Å². The Morgan fingerprint density at radius 3 is 2.54 bits per heavy atom.